The van der Waals surface area contributed by atoms with Crippen LogP contribution in [-0.4, -0.2) is 32.1 Å². The summed E-state index contributed by atoms with van der Waals surface area (Å²) in [5.41, 5.74) is 1.12. The first-order valence-electron chi connectivity index (χ1n) is 7.86. The van der Waals surface area contributed by atoms with E-state index in [0.717, 1.165) is 5.56 Å². The van der Waals surface area contributed by atoms with Gasteiger partial charge in [0, 0.05) is 17.8 Å². The molecule has 0 fully saturated rings. The third kappa shape index (κ3) is 5.79. The Labute approximate surface area is 146 Å². The second-order valence-corrected chi connectivity index (χ2v) is 6.25. The molecule has 0 aliphatic heterocycles. The van der Waals surface area contributed by atoms with Gasteiger partial charge < -0.3 is 10.1 Å². The summed E-state index contributed by atoms with van der Waals surface area (Å²) in [6, 6.07) is 14.1. The maximum absolute atomic E-state index is 12.0. The molecule has 6 heteroatoms. The molecule has 1 heterocycles. The summed E-state index contributed by atoms with van der Waals surface area (Å²) < 4.78 is 4.56. The van der Waals surface area contributed by atoms with Crippen molar-refractivity contribution >= 4 is 23.2 Å². The van der Waals surface area contributed by atoms with Crippen molar-refractivity contribution in [1.82, 2.24) is 10.6 Å². The summed E-state index contributed by atoms with van der Waals surface area (Å²) in [7, 11) is 1.36. The van der Waals surface area contributed by atoms with E-state index in [9.17, 15) is 9.59 Å². The summed E-state index contributed by atoms with van der Waals surface area (Å²) >= 11 is 1.66. The molecule has 1 atom stereocenters. The van der Waals surface area contributed by atoms with E-state index in [2.05, 4.69) is 21.4 Å². The van der Waals surface area contributed by atoms with Gasteiger partial charge in [0.25, 0.3) is 0 Å². The number of benzene rings is 1. The zero-order valence-corrected chi connectivity index (χ0v) is 14.5. The number of ether oxygens (including phenoxy) is 1. The second-order valence-electron chi connectivity index (χ2n) is 5.27. The molecule has 128 valence electrons. The van der Waals surface area contributed by atoms with Gasteiger partial charge in [-0.2, -0.15) is 0 Å². The fourth-order valence-electron chi connectivity index (χ4n) is 2.30. The number of methoxy groups -OCH3 is 1. The standard InChI is InChI=1S/C18H22N2O3S/c1-23-17(22)10-5-11-19-16(21)13-20-18(15-9-6-12-24-15)14-7-3-2-4-8-14/h2-4,6-9,12,18,20H,5,10-11,13H2,1H3,(H,19,21)/t18-/m1/s1. The van der Waals surface area contributed by atoms with Gasteiger partial charge >= 0.3 is 5.97 Å². The van der Waals surface area contributed by atoms with Crippen molar-refractivity contribution in [3.8, 4) is 0 Å². The topological polar surface area (TPSA) is 67.4 Å². The molecule has 0 aliphatic carbocycles. The molecule has 1 aromatic heterocycles. The van der Waals surface area contributed by atoms with Gasteiger partial charge in [-0.15, -0.1) is 11.3 Å². The molecule has 2 rings (SSSR count). The van der Waals surface area contributed by atoms with E-state index in [1.165, 1.54) is 12.0 Å². The Kier molecular flexibility index (Phi) is 7.45. The minimum absolute atomic E-state index is 0.00739. The lowest BCUT2D eigenvalue weighted by atomic mass is 10.1. The molecule has 1 amide bonds. The highest BCUT2D eigenvalue weighted by atomic mass is 32.1. The van der Waals surface area contributed by atoms with Gasteiger partial charge in [0.2, 0.25) is 5.91 Å². The van der Waals surface area contributed by atoms with Crippen molar-refractivity contribution < 1.29 is 14.3 Å². The molecule has 0 saturated carbocycles. The van der Waals surface area contributed by atoms with Crippen LogP contribution in [0.15, 0.2) is 47.8 Å². The highest BCUT2D eigenvalue weighted by Gasteiger charge is 2.15. The Bertz CT molecular complexity index is 629. The number of thiophene rings is 1. The molecule has 1 aromatic carbocycles. The van der Waals surface area contributed by atoms with Crippen molar-refractivity contribution in [3.05, 3.63) is 58.3 Å². The molecule has 0 unspecified atom stereocenters. The predicted molar refractivity (Wildman–Crippen MR) is 94.9 cm³/mol. The Morgan fingerprint density at radius 3 is 2.62 bits per heavy atom. The zero-order valence-electron chi connectivity index (χ0n) is 13.7. The van der Waals surface area contributed by atoms with Gasteiger partial charge in [-0.1, -0.05) is 36.4 Å². The molecule has 0 bridgehead atoms. The van der Waals surface area contributed by atoms with Crippen LogP contribution >= 0.6 is 11.3 Å². The van der Waals surface area contributed by atoms with Crippen molar-refractivity contribution in [1.29, 1.82) is 0 Å². The van der Waals surface area contributed by atoms with E-state index < -0.39 is 0 Å². The number of hydrogen-bond donors (Lipinski definition) is 2. The number of amides is 1. The molecular weight excluding hydrogens is 324 g/mol. The van der Waals surface area contributed by atoms with Crippen molar-refractivity contribution in [2.75, 3.05) is 20.2 Å². The van der Waals surface area contributed by atoms with Gasteiger partial charge in [0.1, 0.15) is 0 Å². The average molecular weight is 346 g/mol. The van der Waals surface area contributed by atoms with Gasteiger partial charge in [0.05, 0.1) is 19.7 Å². The highest BCUT2D eigenvalue weighted by molar-refractivity contribution is 7.10. The molecule has 0 saturated heterocycles. The summed E-state index contributed by atoms with van der Waals surface area (Å²) in [4.78, 5) is 24.2. The van der Waals surface area contributed by atoms with E-state index in [0.29, 0.717) is 19.4 Å². The molecule has 0 spiro atoms. The average Bonchev–Trinajstić information content (AvgIpc) is 3.14. The lowest BCUT2D eigenvalue weighted by Gasteiger charge is -2.18. The number of rotatable bonds is 9. The Hall–Kier alpha value is -2.18. The van der Waals surface area contributed by atoms with E-state index in [-0.39, 0.29) is 24.5 Å². The molecule has 2 N–H and O–H groups in total. The molecular formula is C18H22N2O3S. The fourth-order valence-corrected chi connectivity index (χ4v) is 3.13. The Morgan fingerprint density at radius 1 is 1.17 bits per heavy atom. The number of nitrogens with one attached hydrogen (secondary N) is 2. The van der Waals surface area contributed by atoms with Crippen molar-refractivity contribution in [2.24, 2.45) is 0 Å². The van der Waals surface area contributed by atoms with E-state index in [1.54, 1.807) is 11.3 Å². The van der Waals surface area contributed by atoms with Gasteiger partial charge in [-0.05, 0) is 23.4 Å². The summed E-state index contributed by atoms with van der Waals surface area (Å²) in [5, 5.41) is 8.14. The normalized spacial score (nSPS) is 11.7. The van der Waals surface area contributed by atoms with Crippen LogP contribution in [0, 0.1) is 0 Å². The van der Waals surface area contributed by atoms with Crippen LogP contribution in [-0.2, 0) is 14.3 Å². The summed E-state index contributed by atoms with van der Waals surface area (Å²) in [6.07, 6.45) is 0.886. The van der Waals surface area contributed by atoms with Gasteiger partial charge in [-0.3, -0.25) is 14.9 Å². The third-order valence-electron chi connectivity index (χ3n) is 3.53. The second kappa shape index (κ2) is 9.85. The third-order valence-corrected chi connectivity index (χ3v) is 4.47. The summed E-state index contributed by atoms with van der Waals surface area (Å²) in [5.74, 6) is -0.346. The zero-order chi connectivity index (χ0) is 17.2. The van der Waals surface area contributed by atoms with Crippen LogP contribution in [0.1, 0.15) is 29.3 Å². The molecule has 0 radical (unpaired) electrons. The van der Waals surface area contributed by atoms with Crippen LogP contribution < -0.4 is 10.6 Å². The van der Waals surface area contributed by atoms with E-state index >= 15 is 0 Å². The minimum atomic E-state index is -0.260. The van der Waals surface area contributed by atoms with Crippen LogP contribution in [0.2, 0.25) is 0 Å². The Morgan fingerprint density at radius 2 is 1.96 bits per heavy atom. The molecule has 0 aliphatic rings. The first-order valence-corrected chi connectivity index (χ1v) is 8.74. The van der Waals surface area contributed by atoms with Gasteiger partial charge in [-0.25, -0.2) is 0 Å². The first kappa shape index (κ1) is 18.2. The maximum Gasteiger partial charge on any atom is 0.305 e. The lowest BCUT2D eigenvalue weighted by molar-refractivity contribution is -0.140. The van der Waals surface area contributed by atoms with Crippen LogP contribution in [0.5, 0.6) is 0 Å². The highest BCUT2D eigenvalue weighted by Crippen LogP contribution is 2.25. The number of carbonyl (C=O) groups excluding carboxylic acids is 2. The fraction of sp³-hybridized carbons (Fsp3) is 0.333. The smallest absolute Gasteiger partial charge is 0.305 e. The minimum Gasteiger partial charge on any atom is -0.469 e. The van der Waals surface area contributed by atoms with Crippen molar-refractivity contribution in [2.45, 2.75) is 18.9 Å². The van der Waals surface area contributed by atoms with E-state index in [4.69, 9.17) is 0 Å². The van der Waals surface area contributed by atoms with Gasteiger partial charge in [0.15, 0.2) is 0 Å². The summed E-state index contributed by atoms with van der Waals surface area (Å²) in [6.45, 7) is 0.681. The number of hydrogen-bond acceptors (Lipinski definition) is 5. The lowest BCUT2D eigenvalue weighted by Crippen LogP contribution is -2.36. The first-order chi connectivity index (χ1) is 11.7. The Balaban J connectivity index is 1.83. The molecule has 2 aromatic rings. The monoisotopic (exact) mass is 346 g/mol. The quantitative estimate of drug-likeness (QED) is 0.541. The molecule has 24 heavy (non-hydrogen) atoms. The van der Waals surface area contributed by atoms with Crippen LogP contribution in [0.25, 0.3) is 0 Å². The van der Waals surface area contributed by atoms with Crippen LogP contribution in [0.3, 0.4) is 0 Å². The maximum atomic E-state index is 12.0. The van der Waals surface area contributed by atoms with Crippen LogP contribution in [0.4, 0.5) is 0 Å². The predicted octanol–water partition coefficient (Wildman–Crippen LogP) is 2.50. The molecule has 5 nitrogen and oxygen atoms in total. The number of carbonyl (C=O) groups is 2. The SMILES string of the molecule is COC(=O)CCCNC(=O)CN[C@H](c1ccccc1)c1cccs1. The van der Waals surface area contributed by atoms with Crippen molar-refractivity contribution in [3.63, 3.8) is 0 Å². The largest absolute Gasteiger partial charge is 0.469 e. The number of esters is 1. The van der Waals surface area contributed by atoms with E-state index in [1.807, 2.05) is 41.8 Å².